The SMILES string of the molecule is C1CSC(=C2SC3=C(SCCS3)S2)S1. The summed E-state index contributed by atoms with van der Waals surface area (Å²) >= 11 is 12.2. The molecule has 0 nitrogen and oxygen atoms in total. The Hall–Kier alpha value is 1.58. The molecule has 0 bridgehead atoms. The maximum Gasteiger partial charge on any atom is 0.0710 e. The first kappa shape index (κ1) is 10.7. The van der Waals surface area contributed by atoms with Crippen molar-refractivity contribution in [2.75, 3.05) is 23.0 Å². The smallest absolute Gasteiger partial charge is 0.0710 e. The van der Waals surface area contributed by atoms with E-state index in [9.17, 15) is 0 Å². The van der Waals surface area contributed by atoms with Crippen LogP contribution in [0.25, 0.3) is 0 Å². The van der Waals surface area contributed by atoms with Gasteiger partial charge in [-0.2, -0.15) is 0 Å². The van der Waals surface area contributed by atoms with Gasteiger partial charge in [0.2, 0.25) is 0 Å². The molecular formula is C8H8S6. The zero-order valence-corrected chi connectivity index (χ0v) is 12.2. The molecule has 0 atom stereocenters. The van der Waals surface area contributed by atoms with Gasteiger partial charge in [0.05, 0.1) is 16.9 Å². The van der Waals surface area contributed by atoms with E-state index in [4.69, 9.17) is 0 Å². The average molecular weight is 297 g/mol. The van der Waals surface area contributed by atoms with Crippen LogP contribution in [-0.2, 0) is 0 Å². The Bertz CT molecular complexity index is 290. The van der Waals surface area contributed by atoms with Crippen molar-refractivity contribution in [1.29, 1.82) is 0 Å². The fourth-order valence-electron chi connectivity index (χ4n) is 1.23. The molecule has 0 radical (unpaired) electrons. The van der Waals surface area contributed by atoms with Gasteiger partial charge in [0.25, 0.3) is 0 Å². The zero-order valence-electron chi connectivity index (χ0n) is 7.28. The van der Waals surface area contributed by atoms with Gasteiger partial charge in [0, 0.05) is 23.0 Å². The fraction of sp³-hybridized carbons (Fsp3) is 0.500. The lowest BCUT2D eigenvalue weighted by Gasteiger charge is -2.08. The first-order chi connectivity index (χ1) is 6.93. The van der Waals surface area contributed by atoms with Crippen molar-refractivity contribution in [3.05, 3.63) is 16.9 Å². The minimum atomic E-state index is 1.29. The number of rotatable bonds is 0. The summed E-state index contributed by atoms with van der Waals surface area (Å²) in [7, 11) is 0. The first-order valence-corrected chi connectivity index (χ1v) is 9.86. The third-order valence-corrected chi connectivity index (χ3v) is 10.8. The molecule has 14 heavy (non-hydrogen) atoms. The quantitative estimate of drug-likeness (QED) is 0.632. The van der Waals surface area contributed by atoms with E-state index in [0.29, 0.717) is 0 Å². The summed E-state index contributed by atoms with van der Waals surface area (Å²) in [6, 6.07) is 0. The van der Waals surface area contributed by atoms with E-state index in [1.807, 2.05) is 70.6 Å². The third-order valence-electron chi connectivity index (χ3n) is 1.80. The molecule has 3 rings (SSSR count). The predicted molar refractivity (Wildman–Crippen MR) is 79.1 cm³/mol. The molecule has 76 valence electrons. The van der Waals surface area contributed by atoms with E-state index in [-0.39, 0.29) is 0 Å². The molecule has 3 heterocycles. The van der Waals surface area contributed by atoms with Gasteiger partial charge in [-0.3, -0.25) is 0 Å². The molecule has 6 heteroatoms. The van der Waals surface area contributed by atoms with Gasteiger partial charge in [0.1, 0.15) is 0 Å². The Morgan fingerprint density at radius 2 is 0.929 bits per heavy atom. The van der Waals surface area contributed by atoms with Gasteiger partial charge >= 0.3 is 0 Å². The Kier molecular flexibility index (Phi) is 3.70. The highest BCUT2D eigenvalue weighted by Gasteiger charge is 2.28. The summed E-state index contributed by atoms with van der Waals surface area (Å²) in [6.45, 7) is 0. The van der Waals surface area contributed by atoms with Crippen LogP contribution in [-0.4, -0.2) is 23.0 Å². The Morgan fingerprint density at radius 3 is 1.43 bits per heavy atom. The van der Waals surface area contributed by atoms with Crippen molar-refractivity contribution >= 4 is 70.6 Å². The van der Waals surface area contributed by atoms with Crippen molar-refractivity contribution < 1.29 is 0 Å². The minimum Gasteiger partial charge on any atom is -0.117 e. The molecular weight excluding hydrogens is 288 g/mol. The molecule has 0 saturated carbocycles. The summed E-state index contributed by atoms with van der Waals surface area (Å²) in [5.41, 5.74) is 0. The summed E-state index contributed by atoms with van der Waals surface area (Å²) in [6.07, 6.45) is 0. The van der Waals surface area contributed by atoms with Gasteiger partial charge < -0.3 is 0 Å². The average Bonchev–Trinajstić information content (AvgIpc) is 2.86. The number of thioether (sulfide) groups is 6. The maximum absolute atomic E-state index is 2.04. The van der Waals surface area contributed by atoms with Gasteiger partial charge in [-0.1, -0.05) is 23.5 Å². The second-order valence-electron chi connectivity index (χ2n) is 2.75. The van der Waals surface area contributed by atoms with Crippen molar-refractivity contribution in [2.24, 2.45) is 0 Å². The Balaban J connectivity index is 1.80. The Labute approximate surface area is 110 Å². The monoisotopic (exact) mass is 296 g/mol. The van der Waals surface area contributed by atoms with Gasteiger partial charge in [-0.15, -0.1) is 47.0 Å². The molecule has 0 aliphatic carbocycles. The van der Waals surface area contributed by atoms with Crippen molar-refractivity contribution in [1.82, 2.24) is 0 Å². The second kappa shape index (κ2) is 4.84. The van der Waals surface area contributed by atoms with E-state index in [1.165, 1.54) is 23.0 Å². The van der Waals surface area contributed by atoms with E-state index in [0.717, 1.165) is 0 Å². The molecule has 0 aromatic rings. The lowest BCUT2D eigenvalue weighted by Crippen LogP contribution is -1.88. The molecule has 0 N–H and O–H groups in total. The first-order valence-electron chi connectivity index (χ1n) is 4.29. The number of hydrogen-bond acceptors (Lipinski definition) is 6. The summed E-state index contributed by atoms with van der Waals surface area (Å²) in [5, 5.41) is 0. The lowest BCUT2D eigenvalue weighted by molar-refractivity contribution is 1.56. The highest BCUT2D eigenvalue weighted by atomic mass is 32.3. The van der Waals surface area contributed by atoms with Crippen LogP contribution >= 0.6 is 70.6 Å². The van der Waals surface area contributed by atoms with E-state index >= 15 is 0 Å². The van der Waals surface area contributed by atoms with Crippen LogP contribution in [0.4, 0.5) is 0 Å². The fourth-order valence-corrected chi connectivity index (χ4v) is 10.1. The topological polar surface area (TPSA) is 0 Å². The van der Waals surface area contributed by atoms with Gasteiger partial charge in [-0.25, -0.2) is 0 Å². The number of hydrogen-bond donors (Lipinski definition) is 0. The summed E-state index contributed by atoms with van der Waals surface area (Å²) < 4.78 is 6.28. The summed E-state index contributed by atoms with van der Waals surface area (Å²) in [5.74, 6) is 5.19. The van der Waals surface area contributed by atoms with Crippen LogP contribution in [0.15, 0.2) is 16.9 Å². The molecule has 0 spiro atoms. The third kappa shape index (κ3) is 2.15. The largest absolute Gasteiger partial charge is 0.117 e. The van der Waals surface area contributed by atoms with Crippen molar-refractivity contribution in [2.45, 2.75) is 0 Å². The van der Waals surface area contributed by atoms with Crippen LogP contribution < -0.4 is 0 Å². The highest BCUT2D eigenvalue weighted by Crippen LogP contribution is 2.62. The molecule has 0 aromatic carbocycles. The van der Waals surface area contributed by atoms with Crippen LogP contribution in [0, 0.1) is 0 Å². The molecule has 0 aromatic heterocycles. The Morgan fingerprint density at radius 1 is 0.500 bits per heavy atom. The lowest BCUT2D eigenvalue weighted by atomic mass is 11.0. The van der Waals surface area contributed by atoms with E-state index < -0.39 is 0 Å². The molecule has 1 fully saturated rings. The van der Waals surface area contributed by atoms with E-state index in [2.05, 4.69) is 0 Å². The van der Waals surface area contributed by atoms with Crippen LogP contribution in [0.3, 0.4) is 0 Å². The zero-order chi connectivity index (χ0) is 9.38. The predicted octanol–water partition coefficient (Wildman–Crippen LogP) is 4.68. The normalized spacial score (nSPS) is 27.4. The van der Waals surface area contributed by atoms with Crippen LogP contribution in [0.2, 0.25) is 0 Å². The summed E-state index contributed by atoms with van der Waals surface area (Å²) in [4.78, 5) is 0. The maximum atomic E-state index is 2.04. The van der Waals surface area contributed by atoms with Gasteiger partial charge in [0.15, 0.2) is 0 Å². The van der Waals surface area contributed by atoms with Crippen LogP contribution in [0.1, 0.15) is 0 Å². The molecule has 3 aliphatic rings. The highest BCUT2D eigenvalue weighted by molar-refractivity contribution is 8.42. The minimum absolute atomic E-state index is 1.29. The van der Waals surface area contributed by atoms with E-state index in [1.54, 1.807) is 16.9 Å². The van der Waals surface area contributed by atoms with Crippen molar-refractivity contribution in [3.8, 4) is 0 Å². The second-order valence-corrected chi connectivity index (χ2v) is 10.2. The molecule has 0 amide bonds. The molecule has 0 unspecified atom stereocenters. The van der Waals surface area contributed by atoms with Gasteiger partial charge in [-0.05, 0) is 0 Å². The van der Waals surface area contributed by atoms with Crippen molar-refractivity contribution in [3.63, 3.8) is 0 Å². The van der Waals surface area contributed by atoms with Crippen LogP contribution in [0.5, 0.6) is 0 Å². The molecule has 3 aliphatic heterocycles. The standard InChI is InChI=1S/C8H8S6/c1-2-10-5(9-1)8-13-6-7(14-8)12-4-3-11-6/h1-4H2. The molecule has 1 saturated heterocycles.